The smallest absolute Gasteiger partial charge is 0.292 e. The van der Waals surface area contributed by atoms with E-state index >= 15 is 0 Å². The van der Waals surface area contributed by atoms with E-state index in [9.17, 15) is 14.9 Å². The number of carbonyl (C=O) groups is 1. The highest BCUT2D eigenvalue weighted by atomic mass is 16.6. The van der Waals surface area contributed by atoms with Gasteiger partial charge in [-0.25, -0.2) is 4.98 Å². The fraction of sp³-hybridized carbons (Fsp3) is 0.0909. The minimum atomic E-state index is -0.597. The summed E-state index contributed by atoms with van der Waals surface area (Å²) in [4.78, 5) is 28.6. The highest BCUT2D eigenvalue weighted by Gasteiger charge is 2.14. The van der Waals surface area contributed by atoms with Crippen molar-refractivity contribution in [1.82, 2.24) is 15.3 Å². The molecule has 0 fully saturated rings. The third-order valence-corrected chi connectivity index (χ3v) is 2.46. The van der Waals surface area contributed by atoms with E-state index < -0.39 is 4.92 Å². The number of nitro groups is 1. The molecular formula is C11H11N5O3. The highest BCUT2D eigenvalue weighted by molar-refractivity contribution is 5.95. The van der Waals surface area contributed by atoms with Crippen LogP contribution in [-0.2, 0) is 6.54 Å². The lowest BCUT2D eigenvalue weighted by molar-refractivity contribution is -0.383. The monoisotopic (exact) mass is 261 g/mol. The first-order valence-corrected chi connectivity index (χ1v) is 5.38. The third kappa shape index (κ3) is 2.86. The zero-order valence-electron chi connectivity index (χ0n) is 9.79. The Bertz CT molecular complexity index is 609. The van der Waals surface area contributed by atoms with Crippen molar-refractivity contribution in [3.63, 3.8) is 0 Å². The molecule has 0 unspecified atom stereocenters. The molecule has 0 bridgehead atoms. The number of hydrogen-bond acceptors (Lipinski definition) is 5. The van der Waals surface area contributed by atoms with Gasteiger partial charge in [-0.15, -0.1) is 0 Å². The topological polar surface area (TPSA) is 127 Å². The Morgan fingerprint density at radius 3 is 2.89 bits per heavy atom. The number of hydrogen-bond donors (Lipinski definition) is 3. The van der Waals surface area contributed by atoms with Crippen LogP contribution in [0.25, 0.3) is 0 Å². The molecular weight excluding hydrogens is 250 g/mol. The predicted molar refractivity (Wildman–Crippen MR) is 67.3 cm³/mol. The van der Waals surface area contributed by atoms with E-state index in [0.29, 0.717) is 5.82 Å². The number of aromatic amines is 1. The first-order valence-electron chi connectivity index (χ1n) is 5.38. The van der Waals surface area contributed by atoms with E-state index in [-0.39, 0.29) is 29.4 Å². The maximum Gasteiger partial charge on any atom is 0.292 e. The van der Waals surface area contributed by atoms with E-state index in [0.717, 1.165) is 0 Å². The summed E-state index contributed by atoms with van der Waals surface area (Å²) in [6.45, 7) is 0.239. The number of H-pyrrole nitrogens is 1. The summed E-state index contributed by atoms with van der Waals surface area (Å²) in [5.41, 5.74) is 5.50. The van der Waals surface area contributed by atoms with Gasteiger partial charge in [0, 0.05) is 24.0 Å². The van der Waals surface area contributed by atoms with Gasteiger partial charge in [-0.1, -0.05) is 0 Å². The minimum Gasteiger partial charge on any atom is -0.393 e. The van der Waals surface area contributed by atoms with Gasteiger partial charge in [0.15, 0.2) is 0 Å². The molecule has 0 aliphatic carbocycles. The summed E-state index contributed by atoms with van der Waals surface area (Å²) >= 11 is 0. The summed E-state index contributed by atoms with van der Waals surface area (Å²) in [7, 11) is 0. The molecule has 0 radical (unpaired) electrons. The molecule has 2 aromatic rings. The van der Waals surface area contributed by atoms with Gasteiger partial charge in [0.25, 0.3) is 11.6 Å². The second-order valence-corrected chi connectivity index (χ2v) is 3.75. The molecule has 0 aliphatic heterocycles. The minimum absolute atomic E-state index is 0.0457. The highest BCUT2D eigenvalue weighted by Crippen LogP contribution is 2.21. The number of rotatable bonds is 4. The lowest BCUT2D eigenvalue weighted by atomic mass is 10.1. The van der Waals surface area contributed by atoms with Crippen LogP contribution in [0.2, 0.25) is 0 Å². The Kier molecular flexibility index (Phi) is 3.42. The molecule has 0 saturated carbocycles. The number of nitro benzene ring substituents is 1. The van der Waals surface area contributed by atoms with Crippen molar-refractivity contribution in [2.24, 2.45) is 0 Å². The second-order valence-electron chi connectivity index (χ2n) is 3.75. The molecule has 8 nitrogen and oxygen atoms in total. The summed E-state index contributed by atoms with van der Waals surface area (Å²) in [6.07, 6.45) is 3.22. The number of nitrogens with zero attached hydrogens (tertiary/aromatic N) is 2. The number of amides is 1. The van der Waals surface area contributed by atoms with E-state index in [4.69, 9.17) is 5.73 Å². The van der Waals surface area contributed by atoms with Crippen LogP contribution in [0, 0.1) is 10.1 Å². The summed E-state index contributed by atoms with van der Waals surface area (Å²) in [6, 6.07) is 3.83. The van der Waals surface area contributed by atoms with E-state index in [2.05, 4.69) is 15.3 Å². The Hall–Kier alpha value is -2.90. The van der Waals surface area contributed by atoms with Crippen molar-refractivity contribution in [2.45, 2.75) is 6.54 Å². The van der Waals surface area contributed by atoms with Gasteiger partial charge in [-0.05, 0) is 12.1 Å². The molecule has 1 amide bonds. The number of carbonyl (C=O) groups excluding carboxylic acids is 1. The fourth-order valence-electron chi connectivity index (χ4n) is 1.52. The molecule has 1 heterocycles. The molecule has 4 N–H and O–H groups in total. The lowest BCUT2D eigenvalue weighted by Crippen LogP contribution is -2.23. The normalized spacial score (nSPS) is 10.1. The number of nitrogen functional groups attached to an aromatic ring is 1. The van der Waals surface area contributed by atoms with Gasteiger partial charge in [0.2, 0.25) is 0 Å². The Balaban J connectivity index is 2.07. The number of nitrogens with one attached hydrogen (secondary N) is 2. The summed E-state index contributed by atoms with van der Waals surface area (Å²) in [5.74, 6) is 0.237. The van der Waals surface area contributed by atoms with Gasteiger partial charge in [0.1, 0.15) is 11.5 Å². The Morgan fingerprint density at radius 1 is 1.53 bits per heavy atom. The zero-order valence-corrected chi connectivity index (χ0v) is 9.79. The van der Waals surface area contributed by atoms with Crippen LogP contribution in [-0.4, -0.2) is 20.8 Å². The number of aromatic nitrogens is 2. The van der Waals surface area contributed by atoms with Crippen molar-refractivity contribution in [2.75, 3.05) is 5.73 Å². The second kappa shape index (κ2) is 5.17. The van der Waals surface area contributed by atoms with Crippen LogP contribution in [0.15, 0.2) is 30.6 Å². The van der Waals surface area contributed by atoms with Crippen LogP contribution in [0.4, 0.5) is 11.4 Å². The third-order valence-electron chi connectivity index (χ3n) is 2.46. The SMILES string of the molecule is Nc1cc(C(=O)NCc2ncc[nH]2)ccc1[N+](=O)[O-]. The Labute approximate surface area is 107 Å². The van der Waals surface area contributed by atoms with Gasteiger partial charge in [-0.3, -0.25) is 14.9 Å². The molecule has 1 aromatic heterocycles. The number of anilines is 1. The van der Waals surface area contributed by atoms with Gasteiger partial charge in [0.05, 0.1) is 11.5 Å². The van der Waals surface area contributed by atoms with Crippen molar-refractivity contribution in [1.29, 1.82) is 0 Å². The van der Waals surface area contributed by atoms with Crippen LogP contribution >= 0.6 is 0 Å². The van der Waals surface area contributed by atoms with E-state index in [1.165, 1.54) is 18.2 Å². The molecule has 8 heteroatoms. The van der Waals surface area contributed by atoms with E-state index in [1.54, 1.807) is 12.4 Å². The van der Waals surface area contributed by atoms with E-state index in [1.807, 2.05) is 0 Å². The molecule has 1 aromatic carbocycles. The first-order chi connectivity index (χ1) is 9.08. The molecule has 0 spiro atoms. The molecule has 0 aliphatic rings. The van der Waals surface area contributed by atoms with Gasteiger partial charge in [-0.2, -0.15) is 0 Å². The maximum absolute atomic E-state index is 11.8. The zero-order chi connectivity index (χ0) is 13.8. The first kappa shape index (κ1) is 12.6. The van der Waals surface area contributed by atoms with Crippen LogP contribution in [0.1, 0.15) is 16.2 Å². The Morgan fingerprint density at radius 2 is 2.32 bits per heavy atom. The van der Waals surface area contributed by atoms with Gasteiger partial charge < -0.3 is 16.0 Å². The molecule has 0 saturated heterocycles. The maximum atomic E-state index is 11.8. The molecule has 19 heavy (non-hydrogen) atoms. The largest absolute Gasteiger partial charge is 0.393 e. The van der Waals surface area contributed by atoms with Crippen LogP contribution < -0.4 is 11.1 Å². The summed E-state index contributed by atoms with van der Waals surface area (Å²) in [5, 5.41) is 13.2. The molecule has 98 valence electrons. The standard InChI is InChI=1S/C11H11N5O3/c12-8-5-7(1-2-9(8)16(18)19)11(17)15-6-10-13-3-4-14-10/h1-5H,6,12H2,(H,13,14)(H,15,17). The summed E-state index contributed by atoms with van der Waals surface area (Å²) < 4.78 is 0. The fourth-order valence-corrected chi connectivity index (χ4v) is 1.52. The van der Waals surface area contributed by atoms with Crippen LogP contribution in [0.3, 0.4) is 0 Å². The van der Waals surface area contributed by atoms with Crippen molar-refractivity contribution in [3.05, 3.63) is 52.1 Å². The van der Waals surface area contributed by atoms with Crippen molar-refractivity contribution < 1.29 is 9.72 Å². The average Bonchev–Trinajstić information content (AvgIpc) is 2.88. The number of imidazole rings is 1. The van der Waals surface area contributed by atoms with Gasteiger partial charge >= 0.3 is 0 Å². The molecule has 2 rings (SSSR count). The average molecular weight is 261 g/mol. The van der Waals surface area contributed by atoms with Crippen molar-refractivity contribution >= 4 is 17.3 Å². The number of benzene rings is 1. The lowest BCUT2D eigenvalue weighted by Gasteiger charge is -2.04. The molecule has 0 atom stereocenters. The predicted octanol–water partition coefficient (Wildman–Crippen LogP) is 0.830. The quantitative estimate of drug-likeness (QED) is 0.426. The number of nitrogens with two attached hydrogens (primary N) is 1. The van der Waals surface area contributed by atoms with Crippen molar-refractivity contribution in [3.8, 4) is 0 Å². The van der Waals surface area contributed by atoms with Crippen LogP contribution in [0.5, 0.6) is 0 Å².